The lowest BCUT2D eigenvalue weighted by Gasteiger charge is -2.24. The first-order valence-electron chi connectivity index (χ1n) is 7.14. The Labute approximate surface area is 113 Å². The molecule has 6 heteroatoms. The summed E-state index contributed by atoms with van der Waals surface area (Å²) >= 11 is 0. The van der Waals surface area contributed by atoms with Gasteiger partial charge in [0.15, 0.2) is 0 Å². The Balaban J connectivity index is 1.53. The van der Waals surface area contributed by atoms with Gasteiger partial charge in [0.25, 0.3) is 0 Å². The fraction of sp³-hybridized carbons (Fsp3) is 0.923. The van der Waals surface area contributed by atoms with Crippen LogP contribution in [0.25, 0.3) is 0 Å². The second kappa shape index (κ2) is 7.79. The molecular formula is C13H24N2O4. The average Bonchev–Trinajstić information content (AvgIpc) is 2.91. The fourth-order valence-electron chi connectivity index (χ4n) is 2.42. The predicted octanol–water partition coefficient (Wildman–Crippen LogP) is -0.589. The Morgan fingerprint density at radius 1 is 1.47 bits per heavy atom. The molecule has 3 unspecified atom stereocenters. The molecule has 2 heterocycles. The van der Waals surface area contributed by atoms with E-state index in [0.717, 1.165) is 38.8 Å². The van der Waals surface area contributed by atoms with Crippen molar-refractivity contribution in [1.29, 1.82) is 0 Å². The minimum Gasteiger partial charge on any atom is -0.389 e. The van der Waals surface area contributed by atoms with Crippen molar-refractivity contribution in [3.05, 3.63) is 0 Å². The Morgan fingerprint density at radius 3 is 3.11 bits per heavy atom. The van der Waals surface area contributed by atoms with Crippen molar-refractivity contribution in [2.45, 2.75) is 43.9 Å². The third kappa shape index (κ3) is 5.06. The van der Waals surface area contributed by atoms with Gasteiger partial charge in [-0.25, -0.2) is 0 Å². The molecule has 3 N–H and O–H groups in total. The predicted molar refractivity (Wildman–Crippen MR) is 69.8 cm³/mol. The maximum Gasteiger partial charge on any atom is 0.237 e. The first kappa shape index (κ1) is 14.7. The summed E-state index contributed by atoms with van der Waals surface area (Å²) in [6.45, 7) is 2.77. The monoisotopic (exact) mass is 272 g/mol. The van der Waals surface area contributed by atoms with Crippen LogP contribution in [0.4, 0.5) is 0 Å². The quantitative estimate of drug-likeness (QED) is 0.577. The Bertz CT molecular complexity index is 282. The number of aliphatic hydroxyl groups excluding tert-OH is 1. The molecule has 2 rings (SSSR count). The number of amides is 1. The van der Waals surface area contributed by atoms with Crippen molar-refractivity contribution in [1.82, 2.24) is 10.6 Å². The van der Waals surface area contributed by atoms with E-state index in [1.165, 1.54) is 0 Å². The van der Waals surface area contributed by atoms with Gasteiger partial charge < -0.3 is 25.2 Å². The molecule has 0 saturated carbocycles. The van der Waals surface area contributed by atoms with Gasteiger partial charge in [-0.3, -0.25) is 4.79 Å². The van der Waals surface area contributed by atoms with Crippen molar-refractivity contribution >= 4 is 5.91 Å². The summed E-state index contributed by atoms with van der Waals surface area (Å²) in [4.78, 5) is 11.5. The largest absolute Gasteiger partial charge is 0.389 e. The van der Waals surface area contributed by atoms with Crippen LogP contribution in [0.1, 0.15) is 25.7 Å². The van der Waals surface area contributed by atoms with E-state index in [2.05, 4.69) is 10.6 Å². The third-order valence-electron chi connectivity index (χ3n) is 3.52. The van der Waals surface area contributed by atoms with E-state index in [9.17, 15) is 9.90 Å². The summed E-state index contributed by atoms with van der Waals surface area (Å²) < 4.78 is 10.9. The van der Waals surface area contributed by atoms with Gasteiger partial charge in [-0.05, 0) is 25.7 Å². The average molecular weight is 272 g/mol. The zero-order valence-corrected chi connectivity index (χ0v) is 11.3. The minimum absolute atomic E-state index is 0.0266. The molecule has 6 nitrogen and oxygen atoms in total. The van der Waals surface area contributed by atoms with Crippen LogP contribution in [0.15, 0.2) is 0 Å². The van der Waals surface area contributed by atoms with Gasteiger partial charge in [-0.1, -0.05) is 0 Å². The van der Waals surface area contributed by atoms with Crippen molar-refractivity contribution in [2.24, 2.45) is 0 Å². The molecule has 2 fully saturated rings. The number of rotatable bonds is 7. The van der Waals surface area contributed by atoms with E-state index in [4.69, 9.17) is 9.47 Å². The lowest BCUT2D eigenvalue weighted by molar-refractivity contribution is -0.124. The molecule has 0 aromatic carbocycles. The van der Waals surface area contributed by atoms with E-state index < -0.39 is 6.10 Å². The smallest absolute Gasteiger partial charge is 0.237 e. The summed E-state index contributed by atoms with van der Waals surface area (Å²) in [6, 6.07) is -0.179. The van der Waals surface area contributed by atoms with E-state index in [1.54, 1.807) is 0 Å². The zero-order valence-electron chi connectivity index (χ0n) is 11.3. The highest BCUT2D eigenvalue weighted by molar-refractivity contribution is 5.82. The number of piperidine rings is 1. The van der Waals surface area contributed by atoms with Gasteiger partial charge in [-0.15, -0.1) is 0 Å². The number of nitrogens with one attached hydrogen (secondary N) is 2. The molecule has 1 amide bonds. The van der Waals surface area contributed by atoms with Crippen LogP contribution >= 0.6 is 0 Å². The zero-order chi connectivity index (χ0) is 13.5. The molecule has 2 saturated heterocycles. The minimum atomic E-state index is -0.587. The number of carbonyl (C=O) groups excluding carboxylic acids is 1. The van der Waals surface area contributed by atoms with E-state index in [0.29, 0.717) is 13.2 Å². The lowest BCUT2D eigenvalue weighted by atomic mass is 10.1. The molecule has 2 aliphatic rings. The molecule has 2 aliphatic heterocycles. The molecule has 110 valence electrons. The summed E-state index contributed by atoms with van der Waals surface area (Å²) in [6.07, 6.45) is 3.54. The highest BCUT2D eigenvalue weighted by atomic mass is 16.5. The lowest BCUT2D eigenvalue weighted by Crippen LogP contribution is -2.50. The van der Waals surface area contributed by atoms with E-state index >= 15 is 0 Å². The van der Waals surface area contributed by atoms with Crippen LogP contribution in [-0.4, -0.2) is 62.2 Å². The maximum atomic E-state index is 11.5. The maximum absolute atomic E-state index is 11.5. The number of carbonyl (C=O) groups is 1. The van der Waals surface area contributed by atoms with Crippen LogP contribution in [0.2, 0.25) is 0 Å². The summed E-state index contributed by atoms with van der Waals surface area (Å²) in [7, 11) is 0. The van der Waals surface area contributed by atoms with Crippen LogP contribution in [0, 0.1) is 0 Å². The highest BCUT2D eigenvalue weighted by Gasteiger charge is 2.22. The van der Waals surface area contributed by atoms with Crippen LogP contribution < -0.4 is 10.6 Å². The standard InChI is InChI=1S/C13H24N2O4/c16-10(8-18-9-11-3-2-6-19-11)7-15-12-4-1-5-14-13(12)17/h10-12,15-16H,1-9H2,(H,14,17). The number of hydrogen-bond donors (Lipinski definition) is 3. The van der Waals surface area contributed by atoms with Crippen molar-refractivity contribution in [3.63, 3.8) is 0 Å². The third-order valence-corrected chi connectivity index (χ3v) is 3.52. The van der Waals surface area contributed by atoms with Crippen LogP contribution in [0.5, 0.6) is 0 Å². The Kier molecular flexibility index (Phi) is 6.03. The summed E-state index contributed by atoms with van der Waals surface area (Å²) in [5.41, 5.74) is 0. The van der Waals surface area contributed by atoms with Crippen LogP contribution in [-0.2, 0) is 14.3 Å². The molecule has 0 aromatic heterocycles. The first-order chi connectivity index (χ1) is 9.25. The molecule has 3 atom stereocenters. The Hall–Kier alpha value is -0.690. The van der Waals surface area contributed by atoms with Gasteiger partial charge in [-0.2, -0.15) is 0 Å². The molecule has 0 bridgehead atoms. The fourth-order valence-corrected chi connectivity index (χ4v) is 2.42. The number of hydrogen-bond acceptors (Lipinski definition) is 5. The molecule has 0 aromatic rings. The topological polar surface area (TPSA) is 79.8 Å². The van der Waals surface area contributed by atoms with E-state index in [1.807, 2.05) is 0 Å². The SMILES string of the molecule is O=C1NCCCC1NCC(O)COCC1CCCO1. The first-order valence-corrected chi connectivity index (χ1v) is 7.14. The van der Waals surface area contributed by atoms with Crippen LogP contribution in [0.3, 0.4) is 0 Å². The number of aliphatic hydroxyl groups is 1. The molecule has 19 heavy (non-hydrogen) atoms. The summed E-state index contributed by atoms with van der Waals surface area (Å²) in [5.74, 6) is 0.0266. The Morgan fingerprint density at radius 2 is 2.37 bits per heavy atom. The van der Waals surface area contributed by atoms with Gasteiger partial charge in [0, 0.05) is 19.7 Å². The van der Waals surface area contributed by atoms with E-state index in [-0.39, 0.29) is 24.7 Å². The molecule has 0 spiro atoms. The second-order valence-electron chi connectivity index (χ2n) is 5.22. The molecular weight excluding hydrogens is 248 g/mol. The second-order valence-corrected chi connectivity index (χ2v) is 5.22. The van der Waals surface area contributed by atoms with Crippen molar-refractivity contribution < 1.29 is 19.4 Å². The summed E-state index contributed by atoms with van der Waals surface area (Å²) in [5, 5.41) is 15.7. The van der Waals surface area contributed by atoms with Crippen molar-refractivity contribution in [3.8, 4) is 0 Å². The van der Waals surface area contributed by atoms with Gasteiger partial charge >= 0.3 is 0 Å². The number of ether oxygens (including phenoxy) is 2. The van der Waals surface area contributed by atoms with Gasteiger partial charge in [0.1, 0.15) is 0 Å². The normalized spacial score (nSPS) is 29.2. The van der Waals surface area contributed by atoms with Gasteiger partial charge in [0.2, 0.25) is 5.91 Å². The molecule has 0 radical (unpaired) electrons. The van der Waals surface area contributed by atoms with Gasteiger partial charge in [0.05, 0.1) is 31.5 Å². The molecule has 0 aliphatic carbocycles. The van der Waals surface area contributed by atoms with Crippen molar-refractivity contribution in [2.75, 3.05) is 32.9 Å². The highest BCUT2D eigenvalue weighted by Crippen LogP contribution is 2.11.